The average molecular weight is 333 g/mol. The second kappa shape index (κ2) is 7.46. The molecule has 2 aromatic heterocycles. The van der Waals surface area contributed by atoms with Gasteiger partial charge in [0.15, 0.2) is 5.76 Å². The average Bonchev–Trinajstić information content (AvgIpc) is 3.37. The molecule has 2 fully saturated rings. The number of hydrogen-bond donors (Lipinski definition) is 0. The van der Waals surface area contributed by atoms with Gasteiger partial charge >= 0.3 is 0 Å². The van der Waals surface area contributed by atoms with E-state index >= 15 is 0 Å². The van der Waals surface area contributed by atoms with Gasteiger partial charge < -0.3 is 18.3 Å². The fourth-order valence-corrected chi connectivity index (χ4v) is 3.36. The van der Waals surface area contributed by atoms with Crippen LogP contribution in [-0.2, 0) is 16.0 Å². The van der Waals surface area contributed by atoms with Gasteiger partial charge in [0, 0.05) is 26.3 Å². The first-order valence-corrected chi connectivity index (χ1v) is 8.68. The van der Waals surface area contributed by atoms with Crippen molar-refractivity contribution in [1.29, 1.82) is 0 Å². The second-order valence-electron chi connectivity index (χ2n) is 6.44. The number of ether oxygens (including phenoxy) is 2. The predicted octanol–water partition coefficient (Wildman–Crippen LogP) is 2.49. The van der Waals surface area contributed by atoms with Crippen LogP contribution in [0.25, 0.3) is 11.7 Å². The smallest absolute Gasteiger partial charge is 0.283 e. The lowest BCUT2D eigenvalue weighted by atomic mass is 10.2. The first-order chi connectivity index (χ1) is 11.9. The maximum atomic E-state index is 5.79. The molecular weight excluding hydrogens is 310 g/mol. The van der Waals surface area contributed by atoms with Crippen molar-refractivity contribution < 1.29 is 18.3 Å². The highest BCUT2D eigenvalue weighted by atomic mass is 16.5. The van der Waals surface area contributed by atoms with Crippen LogP contribution in [0.1, 0.15) is 31.6 Å². The molecule has 2 aliphatic heterocycles. The second-order valence-corrected chi connectivity index (χ2v) is 6.44. The highest BCUT2D eigenvalue weighted by Crippen LogP contribution is 2.21. The zero-order valence-electron chi connectivity index (χ0n) is 13.7. The number of furan rings is 1. The number of rotatable bonds is 7. The van der Waals surface area contributed by atoms with Gasteiger partial charge in [-0.15, -0.1) is 10.2 Å². The van der Waals surface area contributed by atoms with Crippen LogP contribution in [0.2, 0.25) is 0 Å². The van der Waals surface area contributed by atoms with Gasteiger partial charge in [-0.2, -0.15) is 0 Å². The molecule has 2 saturated heterocycles. The molecule has 2 atom stereocenters. The van der Waals surface area contributed by atoms with Crippen molar-refractivity contribution in [3.63, 3.8) is 0 Å². The van der Waals surface area contributed by atoms with Crippen molar-refractivity contribution in [1.82, 2.24) is 15.1 Å². The fraction of sp³-hybridized carbons (Fsp3) is 0.647. The molecular formula is C17H23N3O4. The Morgan fingerprint density at radius 1 is 1.04 bits per heavy atom. The van der Waals surface area contributed by atoms with Gasteiger partial charge in [0.05, 0.1) is 25.0 Å². The van der Waals surface area contributed by atoms with Crippen LogP contribution in [0.5, 0.6) is 0 Å². The van der Waals surface area contributed by atoms with E-state index in [-0.39, 0.29) is 0 Å². The summed E-state index contributed by atoms with van der Waals surface area (Å²) in [6.45, 7) is 4.08. The van der Waals surface area contributed by atoms with Crippen molar-refractivity contribution in [2.24, 2.45) is 0 Å². The largest absolute Gasteiger partial charge is 0.459 e. The lowest BCUT2D eigenvalue weighted by Crippen LogP contribution is -2.37. The summed E-state index contributed by atoms with van der Waals surface area (Å²) in [6, 6.07) is 3.62. The summed E-state index contributed by atoms with van der Waals surface area (Å²) < 4.78 is 22.6. The number of aromatic nitrogens is 2. The minimum atomic E-state index is 0.291. The summed E-state index contributed by atoms with van der Waals surface area (Å²) in [4.78, 5) is 2.31. The van der Waals surface area contributed by atoms with Crippen LogP contribution in [-0.4, -0.2) is 53.6 Å². The summed E-state index contributed by atoms with van der Waals surface area (Å²) in [7, 11) is 0. The molecule has 0 radical (unpaired) electrons. The fourth-order valence-electron chi connectivity index (χ4n) is 3.36. The zero-order valence-corrected chi connectivity index (χ0v) is 13.7. The molecule has 4 rings (SSSR count). The van der Waals surface area contributed by atoms with Crippen molar-refractivity contribution in [2.75, 3.05) is 26.3 Å². The highest BCUT2D eigenvalue weighted by molar-refractivity contribution is 5.42. The van der Waals surface area contributed by atoms with Crippen molar-refractivity contribution in [2.45, 2.75) is 44.4 Å². The van der Waals surface area contributed by atoms with Crippen LogP contribution >= 0.6 is 0 Å². The van der Waals surface area contributed by atoms with Crippen LogP contribution in [0.4, 0.5) is 0 Å². The maximum absolute atomic E-state index is 5.79. The summed E-state index contributed by atoms with van der Waals surface area (Å²) in [5.74, 6) is 1.61. The zero-order chi connectivity index (χ0) is 16.2. The predicted molar refractivity (Wildman–Crippen MR) is 85.2 cm³/mol. The summed E-state index contributed by atoms with van der Waals surface area (Å²) >= 11 is 0. The molecule has 0 saturated carbocycles. The van der Waals surface area contributed by atoms with Crippen molar-refractivity contribution >= 4 is 0 Å². The van der Waals surface area contributed by atoms with Gasteiger partial charge in [0.1, 0.15) is 0 Å². The molecule has 0 aromatic carbocycles. The molecule has 0 N–H and O–H groups in total. The Hall–Kier alpha value is -1.70. The van der Waals surface area contributed by atoms with E-state index < -0.39 is 0 Å². The minimum absolute atomic E-state index is 0.291. The van der Waals surface area contributed by atoms with Gasteiger partial charge in [0.2, 0.25) is 5.89 Å². The van der Waals surface area contributed by atoms with Crippen LogP contribution in [0.15, 0.2) is 27.2 Å². The third-order valence-electron chi connectivity index (χ3n) is 4.53. The van der Waals surface area contributed by atoms with Crippen molar-refractivity contribution in [3.05, 3.63) is 24.3 Å². The Kier molecular flexibility index (Phi) is 4.91. The Balaban J connectivity index is 1.41. The molecule has 24 heavy (non-hydrogen) atoms. The van der Waals surface area contributed by atoms with E-state index in [4.69, 9.17) is 18.3 Å². The molecule has 0 aliphatic carbocycles. The van der Waals surface area contributed by atoms with E-state index in [1.54, 1.807) is 12.3 Å². The summed E-state index contributed by atoms with van der Waals surface area (Å²) in [5.41, 5.74) is 0. The monoisotopic (exact) mass is 333 g/mol. The quantitative estimate of drug-likeness (QED) is 0.770. The summed E-state index contributed by atoms with van der Waals surface area (Å²) in [5, 5.41) is 8.24. The molecule has 0 bridgehead atoms. The van der Waals surface area contributed by atoms with Gasteiger partial charge in [0.25, 0.3) is 5.89 Å². The topological polar surface area (TPSA) is 73.8 Å². The minimum Gasteiger partial charge on any atom is -0.459 e. The van der Waals surface area contributed by atoms with E-state index in [9.17, 15) is 0 Å². The van der Waals surface area contributed by atoms with E-state index in [1.165, 1.54) is 0 Å². The molecule has 2 aliphatic rings. The normalized spacial score (nSPS) is 24.2. The lowest BCUT2D eigenvalue weighted by molar-refractivity contribution is 0.0316. The molecule has 0 unspecified atom stereocenters. The Morgan fingerprint density at radius 3 is 2.38 bits per heavy atom. The van der Waals surface area contributed by atoms with E-state index in [0.717, 1.165) is 52.0 Å². The Morgan fingerprint density at radius 2 is 1.79 bits per heavy atom. The van der Waals surface area contributed by atoms with E-state index in [0.29, 0.717) is 36.3 Å². The molecule has 2 aromatic rings. The molecule has 0 amide bonds. The lowest BCUT2D eigenvalue weighted by Gasteiger charge is -2.26. The SMILES string of the molecule is c1coc(-c2nnc(CN(C[C@@H]3CCCO3)C[C@@H]3CCCO3)o2)c1. The highest BCUT2D eigenvalue weighted by Gasteiger charge is 2.25. The van der Waals surface area contributed by atoms with E-state index in [1.807, 2.05) is 6.07 Å². The Labute approximate surface area is 140 Å². The van der Waals surface area contributed by atoms with Gasteiger partial charge in [-0.25, -0.2) is 0 Å². The molecule has 7 nitrogen and oxygen atoms in total. The molecule has 130 valence electrons. The van der Waals surface area contributed by atoms with Crippen LogP contribution in [0, 0.1) is 0 Å². The Bertz CT molecular complexity index is 598. The third-order valence-corrected chi connectivity index (χ3v) is 4.53. The third kappa shape index (κ3) is 3.85. The molecule has 0 spiro atoms. The standard InChI is InChI=1S/C17H23N3O4/c1-4-13(21-7-1)10-20(11-14-5-2-8-22-14)12-16-18-19-17(24-16)15-6-3-9-23-15/h3,6,9,13-14H,1-2,4-5,7-8,10-12H2/t13-,14-/m0/s1. The summed E-state index contributed by atoms with van der Waals surface area (Å²) in [6.07, 6.45) is 6.69. The maximum Gasteiger partial charge on any atom is 0.283 e. The number of hydrogen-bond acceptors (Lipinski definition) is 7. The first kappa shape index (κ1) is 15.8. The molecule has 4 heterocycles. The van der Waals surface area contributed by atoms with E-state index in [2.05, 4.69) is 15.1 Å². The van der Waals surface area contributed by atoms with Gasteiger partial charge in [-0.1, -0.05) is 0 Å². The van der Waals surface area contributed by atoms with Gasteiger partial charge in [-0.3, -0.25) is 4.90 Å². The van der Waals surface area contributed by atoms with Crippen LogP contribution < -0.4 is 0 Å². The van der Waals surface area contributed by atoms with Crippen LogP contribution in [0.3, 0.4) is 0 Å². The van der Waals surface area contributed by atoms with Gasteiger partial charge in [-0.05, 0) is 37.8 Å². The number of nitrogens with zero attached hydrogens (tertiary/aromatic N) is 3. The first-order valence-electron chi connectivity index (χ1n) is 8.68. The van der Waals surface area contributed by atoms with Crippen molar-refractivity contribution in [3.8, 4) is 11.7 Å². The molecule has 7 heteroatoms.